The fourth-order valence-electron chi connectivity index (χ4n) is 1.84. The third kappa shape index (κ3) is 4.17. The van der Waals surface area contributed by atoms with Crippen LogP contribution in [0.1, 0.15) is 12.0 Å². The molecular formula is C15H17N3O3. The van der Waals surface area contributed by atoms with Crippen LogP contribution < -0.4 is 14.8 Å². The Morgan fingerprint density at radius 1 is 1.19 bits per heavy atom. The van der Waals surface area contributed by atoms with Crippen LogP contribution >= 0.6 is 0 Å². The molecule has 2 aromatic rings. The van der Waals surface area contributed by atoms with Gasteiger partial charge < -0.3 is 14.8 Å². The van der Waals surface area contributed by atoms with Gasteiger partial charge in [0, 0.05) is 24.9 Å². The zero-order chi connectivity index (χ0) is 15.1. The van der Waals surface area contributed by atoms with E-state index >= 15 is 0 Å². The number of carbonyl (C=O) groups is 1. The Balaban J connectivity index is 1.99. The van der Waals surface area contributed by atoms with E-state index in [9.17, 15) is 4.79 Å². The van der Waals surface area contributed by atoms with E-state index in [0.29, 0.717) is 30.0 Å². The summed E-state index contributed by atoms with van der Waals surface area (Å²) in [6.07, 6.45) is 5.79. The predicted molar refractivity (Wildman–Crippen MR) is 78.5 cm³/mol. The van der Waals surface area contributed by atoms with Gasteiger partial charge in [-0.05, 0) is 24.1 Å². The number of ether oxygens (including phenoxy) is 2. The van der Waals surface area contributed by atoms with Crippen molar-refractivity contribution in [3.63, 3.8) is 0 Å². The molecule has 21 heavy (non-hydrogen) atoms. The van der Waals surface area contributed by atoms with E-state index in [0.717, 1.165) is 5.56 Å². The molecule has 0 fully saturated rings. The zero-order valence-electron chi connectivity index (χ0n) is 12.0. The van der Waals surface area contributed by atoms with Gasteiger partial charge in [-0.25, -0.2) is 9.97 Å². The Kier molecular flexibility index (Phi) is 5.09. The molecule has 1 aromatic heterocycles. The molecule has 1 N–H and O–H groups in total. The fourth-order valence-corrected chi connectivity index (χ4v) is 1.84. The Hall–Kier alpha value is -2.63. The van der Waals surface area contributed by atoms with Crippen LogP contribution in [0.5, 0.6) is 11.5 Å². The van der Waals surface area contributed by atoms with Crippen LogP contribution in [0.3, 0.4) is 0 Å². The number of nitrogens with one attached hydrogen (secondary N) is 1. The minimum absolute atomic E-state index is 0.106. The van der Waals surface area contributed by atoms with Crippen molar-refractivity contribution in [2.24, 2.45) is 0 Å². The van der Waals surface area contributed by atoms with Gasteiger partial charge in [-0.1, -0.05) is 0 Å². The topological polar surface area (TPSA) is 73.3 Å². The van der Waals surface area contributed by atoms with Crippen molar-refractivity contribution in [3.8, 4) is 11.5 Å². The summed E-state index contributed by atoms with van der Waals surface area (Å²) >= 11 is 0. The summed E-state index contributed by atoms with van der Waals surface area (Å²) < 4.78 is 10.4. The van der Waals surface area contributed by atoms with E-state index in [2.05, 4.69) is 15.3 Å². The number of benzene rings is 1. The van der Waals surface area contributed by atoms with Crippen molar-refractivity contribution < 1.29 is 14.3 Å². The lowest BCUT2D eigenvalue weighted by molar-refractivity contribution is -0.116. The standard InChI is InChI=1S/C15H17N3O3/c1-20-12-4-5-14(21-2)13(7-12)18-15(19)6-3-11-8-16-10-17-9-11/h4-5,7-10H,3,6H2,1-2H3,(H,18,19). The van der Waals surface area contributed by atoms with Gasteiger partial charge in [0.25, 0.3) is 0 Å². The van der Waals surface area contributed by atoms with Gasteiger partial charge in [0.15, 0.2) is 0 Å². The van der Waals surface area contributed by atoms with Gasteiger partial charge in [0.2, 0.25) is 5.91 Å². The number of methoxy groups -OCH3 is 2. The lowest BCUT2D eigenvalue weighted by Crippen LogP contribution is -2.13. The molecule has 0 radical (unpaired) electrons. The highest BCUT2D eigenvalue weighted by atomic mass is 16.5. The quantitative estimate of drug-likeness (QED) is 0.880. The molecule has 0 saturated carbocycles. The number of aryl methyl sites for hydroxylation is 1. The van der Waals surface area contributed by atoms with Crippen LogP contribution in [0.15, 0.2) is 36.9 Å². The number of anilines is 1. The van der Waals surface area contributed by atoms with Crippen molar-refractivity contribution in [2.75, 3.05) is 19.5 Å². The second-order valence-corrected chi connectivity index (χ2v) is 4.36. The molecular weight excluding hydrogens is 270 g/mol. The summed E-state index contributed by atoms with van der Waals surface area (Å²) in [5.41, 5.74) is 1.51. The third-order valence-electron chi connectivity index (χ3n) is 2.94. The zero-order valence-corrected chi connectivity index (χ0v) is 12.0. The molecule has 0 aliphatic heterocycles. The first-order valence-electron chi connectivity index (χ1n) is 6.48. The minimum Gasteiger partial charge on any atom is -0.497 e. The van der Waals surface area contributed by atoms with E-state index in [1.807, 2.05) is 0 Å². The number of nitrogens with zero attached hydrogens (tertiary/aromatic N) is 2. The third-order valence-corrected chi connectivity index (χ3v) is 2.94. The smallest absolute Gasteiger partial charge is 0.224 e. The minimum atomic E-state index is -0.106. The maximum atomic E-state index is 12.0. The second-order valence-electron chi connectivity index (χ2n) is 4.36. The molecule has 0 unspecified atom stereocenters. The van der Waals surface area contributed by atoms with Gasteiger partial charge in [-0.2, -0.15) is 0 Å². The van der Waals surface area contributed by atoms with Crippen LogP contribution in [-0.4, -0.2) is 30.1 Å². The van der Waals surface area contributed by atoms with E-state index < -0.39 is 0 Å². The van der Waals surface area contributed by atoms with Gasteiger partial charge in [-0.3, -0.25) is 4.79 Å². The Bertz CT molecular complexity index is 602. The first-order chi connectivity index (χ1) is 10.2. The molecule has 110 valence electrons. The highest BCUT2D eigenvalue weighted by molar-refractivity contribution is 5.92. The monoisotopic (exact) mass is 287 g/mol. The van der Waals surface area contributed by atoms with Crippen LogP contribution in [0.25, 0.3) is 0 Å². The molecule has 1 heterocycles. The van der Waals surface area contributed by atoms with E-state index in [-0.39, 0.29) is 5.91 Å². The van der Waals surface area contributed by atoms with Crippen molar-refractivity contribution in [1.82, 2.24) is 9.97 Å². The van der Waals surface area contributed by atoms with Crippen LogP contribution in [0.4, 0.5) is 5.69 Å². The number of amides is 1. The average Bonchev–Trinajstić information content (AvgIpc) is 2.54. The summed E-state index contributed by atoms with van der Waals surface area (Å²) in [4.78, 5) is 19.8. The molecule has 2 rings (SSSR count). The molecule has 0 aliphatic rings. The van der Waals surface area contributed by atoms with Crippen LogP contribution in [0.2, 0.25) is 0 Å². The SMILES string of the molecule is COc1ccc(OC)c(NC(=O)CCc2cncnc2)c1. The van der Waals surface area contributed by atoms with Crippen LogP contribution in [-0.2, 0) is 11.2 Å². The van der Waals surface area contributed by atoms with Crippen molar-refractivity contribution in [2.45, 2.75) is 12.8 Å². The summed E-state index contributed by atoms with van der Waals surface area (Å²) in [7, 11) is 3.13. The maximum absolute atomic E-state index is 12.0. The number of hydrogen-bond donors (Lipinski definition) is 1. The lowest BCUT2D eigenvalue weighted by atomic mass is 10.2. The molecule has 1 amide bonds. The summed E-state index contributed by atoms with van der Waals surface area (Å²) in [6.45, 7) is 0. The molecule has 0 bridgehead atoms. The second kappa shape index (κ2) is 7.23. The fraction of sp³-hybridized carbons (Fsp3) is 0.267. The number of rotatable bonds is 6. The molecule has 6 heteroatoms. The van der Waals surface area contributed by atoms with E-state index in [4.69, 9.17) is 9.47 Å². The van der Waals surface area contributed by atoms with Gasteiger partial charge >= 0.3 is 0 Å². The van der Waals surface area contributed by atoms with Crippen molar-refractivity contribution in [1.29, 1.82) is 0 Å². The largest absolute Gasteiger partial charge is 0.497 e. The Labute approximate surface area is 123 Å². The molecule has 0 saturated heterocycles. The first-order valence-corrected chi connectivity index (χ1v) is 6.48. The normalized spacial score (nSPS) is 10.0. The first kappa shape index (κ1) is 14.8. The van der Waals surface area contributed by atoms with Crippen molar-refractivity contribution >= 4 is 11.6 Å². The van der Waals surface area contributed by atoms with E-state index in [1.54, 1.807) is 44.8 Å². The van der Waals surface area contributed by atoms with Gasteiger partial charge in [-0.15, -0.1) is 0 Å². The molecule has 1 aromatic carbocycles. The number of carbonyl (C=O) groups excluding carboxylic acids is 1. The summed E-state index contributed by atoms with van der Waals surface area (Å²) in [5, 5.41) is 2.82. The maximum Gasteiger partial charge on any atom is 0.224 e. The van der Waals surface area contributed by atoms with Crippen molar-refractivity contribution in [3.05, 3.63) is 42.5 Å². The van der Waals surface area contributed by atoms with E-state index in [1.165, 1.54) is 6.33 Å². The molecule has 0 spiro atoms. The predicted octanol–water partition coefficient (Wildman–Crippen LogP) is 2.07. The Morgan fingerprint density at radius 3 is 2.62 bits per heavy atom. The Morgan fingerprint density at radius 2 is 1.95 bits per heavy atom. The molecule has 0 aliphatic carbocycles. The van der Waals surface area contributed by atoms with Gasteiger partial charge in [0.1, 0.15) is 17.8 Å². The lowest BCUT2D eigenvalue weighted by Gasteiger charge is -2.11. The number of aromatic nitrogens is 2. The van der Waals surface area contributed by atoms with Crippen LogP contribution in [0, 0.1) is 0 Å². The van der Waals surface area contributed by atoms with Gasteiger partial charge in [0.05, 0.1) is 19.9 Å². The average molecular weight is 287 g/mol. The highest BCUT2D eigenvalue weighted by Gasteiger charge is 2.09. The number of hydrogen-bond acceptors (Lipinski definition) is 5. The summed E-state index contributed by atoms with van der Waals surface area (Å²) in [6, 6.07) is 5.25. The summed E-state index contributed by atoms with van der Waals surface area (Å²) in [5.74, 6) is 1.14. The highest BCUT2D eigenvalue weighted by Crippen LogP contribution is 2.28. The molecule has 0 atom stereocenters. The molecule has 6 nitrogen and oxygen atoms in total.